The van der Waals surface area contributed by atoms with Crippen LogP contribution in [0, 0.1) is 0 Å². The molecule has 0 aliphatic carbocycles. The molecule has 1 aliphatic heterocycles. The first-order valence-corrected chi connectivity index (χ1v) is 9.53. The zero-order chi connectivity index (χ0) is 18.4. The lowest BCUT2D eigenvalue weighted by Crippen LogP contribution is -2.35. The van der Waals surface area contributed by atoms with E-state index in [0.717, 1.165) is 27.9 Å². The molecule has 2 heterocycles. The molecule has 1 fully saturated rings. The van der Waals surface area contributed by atoms with E-state index in [1.807, 2.05) is 18.2 Å². The van der Waals surface area contributed by atoms with E-state index >= 15 is 0 Å². The van der Waals surface area contributed by atoms with Gasteiger partial charge in [0.15, 0.2) is 12.5 Å². The van der Waals surface area contributed by atoms with Crippen LogP contribution in [0.1, 0.15) is 5.76 Å². The first-order valence-electron chi connectivity index (χ1n) is 7.94. The van der Waals surface area contributed by atoms with Crippen LogP contribution in [0.3, 0.4) is 0 Å². The molecule has 1 saturated heterocycles. The molecule has 9 heteroatoms. The monoisotopic (exact) mass is 485 g/mol. The minimum atomic E-state index is -0.365. The molecule has 1 aliphatic rings. The van der Waals surface area contributed by atoms with Gasteiger partial charge in [0.2, 0.25) is 0 Å². The van der Waals surface area contributed by atoms with Crippen LogP contribution in [0.2, 0.25) is 0 Å². The molecular formula is C17H17Br2N3O4. The number of morpholine rings is 1. The van der Waals surface area contributed by atoms with Gasteiger partial charge in [-0.1, -0.05) is 15.9 Å². The number of hydrazone groups is 1. The van der Waals surface area contributed by atoms with Gasteiger partial charge in [-0.05, 0) is 40.2 Å². The van der Waals surface area contributed by atoms with Gasteiger partial charge in [-0.25, -0.2) is 5.43 Å². The summed E-state index contributed by atoms with van der Waals surface area (Å²) in [6.45, 7) is 2.83. The number of benzene rings is 1. The number of furan rings is 1. The Morgan fingerprint density at radius 1 is 1.27 bits per heavy atom. The SMILES string of the molecule is O=C(COc1ccc(Br)cc1Br)N/N=C/c1ccc(N2CCOCC2)o1. The highest BCUT2D eigenvalue weighted by molar-refractivity contribution is 9.11. The lowest BCUT2D eigenvalue weighted by Gasteiger charge is -2.26. The lowest BCUT2D eigenvalue weighted by molar-refractivity contribution is -0.123. The molecule has 0 radical (unpaired) electrons. The molecular weight excluding hydrogens is 470 g/mol. The molecule has 1 N–H and O–H groups in total. The number of carbonyl (C=O) groups is 1. The number of halogens is 2. The largest absolute Gasteiger partial charge is 0.483 e. The third kappa shape index (κ3) is 5.33. The van der Waals surface area contributed by atoms with Crippen molar-refractivity contribution in [3.05, 3.63) is 45.0 Å². The van der Waals surface area contributed by atoms with E-state index in [0.29, 0.717) is 24.7 Å². The van der Waals surface area contributed by atoms with E-state index in [-0.39, 0.29) is 12.5 Å². The number of ether oxygens (including phenoxy) is 2. The molecule has 7 nitrogen and oxygen atoms in total. The molecule has 0 saturated carbocycles. The fourth-order valence-corrected chi connectivity index (χ4v) is 3.46. The van der Waals surface area contributed by atoms with Gasteiger partial charge in [0.25, 0.3) is 5.91 Å². The van der Waals surface area contributed by atoms with E-state index in [9.17, 15) is 4.79 Å². The average molecular weight is 487 g/mol. The molecule has 0 unspecified atom stereocenters. The lowest BCUT2D eigenvalue weighted by atomic mass is 10.3. The molecule has 138 valence electrons. The Hall–Kier alpha value is -1.84. The summed E-state index contributed by atoms with van der Waals surface area (Å²) in [4.78, 5) is 13.9. The number of hydrogen-bond acceptors (Lipinski definition) is 6. The first-order chi connectivity index (χ1) is 12.6. The fourth-order valence-electron chi connectivity index (χ4n) is 2.30. The maximum atomic E-state index is 11.8. The Morgan fingerprint density at radius 2 is 2.08 bits per heavy atom. The predicted molar refractivity (Wildman–Crippen MR) is 105 cm³/mol. The van der Waals surface area contributed by atoms with Crippen molar-refractivity contribution in [2.45, 2.75) is 0 Å². The second-order valence-corrected chi connectivity index (χ2v) is 7.20. The standard InChI is InChI=1S/C17H17Br2N3O4/c18-12-1-3-15(14(19)9-12)25-11-16(23)21-20-10-13-2-4-17(26-13)22-5-7-24-8-6-22/h1-4,9-10H,5-8,11H2,(H,21,23)/b20-10+. The highest BCUT2D eigenvalue weighted by Gasteiger charge is 2.14. The molecule has 0 spiro atoms. The Kier molecular flexibility index (Phi) is 6.70. The third-order valence-electron chi connectivity index (χ3n) is 3.57. The van der Waals surface area contributed by atoms with Crippen molar-refractivity contribution in [2.24, 2.45) is 5.10 Å². The number of nitrogens with zero attached hydrogens (tertiary/aromatic N) is 2. The fraction of sp³-hybridized carbons (Fsp3) is 0.294. The van der Waals surface area contributed by atoms with Crippen molar-refractivity contribution in [1.29, 1.82) is 0 Å². The van der Waals surface area contributed by atoms with Crippen molar-refractivity contribution < 1.29 is 18.7 Å². The Balaban J connectivity index is 1.46. The maximum absolute atomic E-state index is 11.8. The van der Waals surface area contributed by atoms with Crippen molar-refractivity contribution in [3.8, 4) is 5.75 Å². The van der Waals surface area contributed by atoms with Crippen LogP contribution in [0.4, 0.5) is 5.88 Å². The normalized spacial score (nSPS) is 14.6. The molecule has 2 aromatic rings. The summed E-state index contributed by atoms with van der Waals surface area (Å²) < 4.78 is 18.1. The summed E-state index contributed by atoms with van der Waals surface area (Å²) >= 11 is 6.73. The highest BCUT2D eigenvalue weighted by Crippen LogP contribution is 2.28. The summed E-state index contributed by atoms with van der Waals surface area (Å²) in [6, 6.07) is 9.12. The second kappa shape index (κ2) is 9.20. The third-order valence-corrected chi connectivity index (χ3v) is 4.68. The zero-order valence-corrected chi connectivity index (χ0v) is 17.0. The average Bonchev–Trinajstić information content (AvgIpc) is 3.11. The summed E-state index contributed by atoms with van der Waals surface area (Å²) in [5.41, 5.74) is 2.41. The van der Waals surface area contributed by atoms with Crippen LogP contribution in [-0.2, 0) is 9.53 Å². The van der Waals surface area contributed by atoms with E-state index in [1.54, 1.807) is 12.1 Å². The van der Waals surface area contributed by atoms with Gasteiger partial charge < -0.3 is 18.8 Å². The van der Waals surface area contributed by atoms with E-state index in [2.05, 4.69) is 47.3 Å². The minimum absolute atomic E-state index is 0.144. The molecule has 3 rings (SSSR count). The van der Waals surface area contributed by atoms with Crippen molar-refractivity contribution >= 4 is 49.9 Å². The number of nitrogens with one attached hydrogen (secondary N) is 1. The maximum Gasteiger partial charge on any atom is 0.277 e. The summed E-state index contributed by atoms with van der Waals surface area (Å²) in [5, 5.41) is 3.89. The predicted octanol–water partition coefficient (Wildman–Crippen LogP) is 3.17. The van der Waals surface area contributed by atoms with Crippen LogP contribution >= 0.6 is 31.9 Å². The second-order valence-electron chi connectivity index (χ2n) is 5.43. The van der Waals surface area contributed by atoms with Crippen LogP contribution < -0.4 is 15.1 Å². The van der Waals surface area contributed by atoms with Crippen LogP contribution in [0.5, 0.6) is 5.75 Å². The van der Waals surface area contributed by atoms with E-state index in [1.165, 1.54) is 6.21 Å². The number of amides is 1. The number of carbonyl (C=O) groups excluding carboxylic acids is 1. The smallest absolute Gasteiger partial charge is 0.277 e. The topological polar surface area (TPSA) is 76.3 Å². The van der Waals surface area contributed by atoms with Gasteiger partial charge in [0.05, 0.1) is 23.9 Å². The first kappa shape index (κ1) is 18.9. The molecule has 0 bridgehead atoms. The number of rotatable bonds is 6. The summed E-state index contributed by atoms with van der Waals surface area (Å²) in [6.07, 6.45) is 1.46. The van der Waals surface area contributed by atoms with Gasteiger partial charge in [0, 0.05) is 23.6 Å². The van der Waals surface area contributed by atoms with Gasteiger partial charge in [-0.2, -0.15) is 5.10 Å². The van der Waals surface area contributed by atoms with Crippen molar-refractivity contribution in [2.75, 3.05) is 37.8 Å². The van der Waals surface area contributed by atoms with Crippen molar-refractivity contribution in [1.82, 2.24) is 5.43 Å². The van der Waals surface area contributed by atoms with Gasteiger partial charge in [0.1, 0.15) is 11.5 Å². The van der Waals surface area contributed by atoms with E-state index < -0.39 is 0 Å². The highest BCUT2D eigenvalue weighted by atomic mass is 79.9. The molecule has 26 heavy (non-hydrogen) atoms. The minimum Gasteiger partial charge on any atom is -0.483 e. The van der Waals surface area contributed by atoms with Crippen molar-refractivity contribution in [3.63, 3.8) is 0 Å². The zero-order valence-electron chi connectivity index (χ0n) is 13.8. The molecule has 1 aromatic heterocycles. The Bertz CT molecular complexity index is 788. The van der Waals surface area contributed by atoms with Crippen LogP contribution in [-0.4, -0.2) is 45.0 Å². The molecule has 1 amide bonds. The number of hydrogen-bond donors (Lipinski definition) is 1. The molecule has 1 aromatic carbocycles. The molecule has 0 atom stereocenters. The number of anilines is 1. The van der Waals surface area contributed by atoms with Crippen LogP contribution in [0.15, 0.2) is 48.8 Å². The van der Waals surface area contributed by atoms with Gasteiger partial charge in [-0.15, -0.1) is 0 Å². The van der Waals surface area contributed by atoms with Crippen LogP contribution in [0.25, 0.3) is 0 Å². The summed E-state index contributed by atoms with van der Waals surface area (Å²) in [7, 11) is 0. The summed E-state index contributed by atoms with van der Waals surface area (Å²) in [5.74, 6) is 1.54. The van der Waals surface area contributed by atoms with E-state index in [4.69, 9.17) is 13.9 Å². The van der Waals surface area contributed by atoms with Gasteiger partial charge >= 0.3 is 0 Å². The Morgan fingerprint density at radius 3 is 2.85 bits per heavy atom. The quantitative estimate of drug-likeness (QED) is 0.501. The Labute approximate surface area is 167 Å². The van der Waals surface area contributed by atoms with Gasteiger partial charge in [-0.3, -0.25) is 4.79 Å².